The number of amides is 1. The van der Waals surface area contributed by atoms with Crippen molar-refractivity contribution in [2.24, 2.45) is 0 Å². The maximum absolute atomic E-state index is 15.1. The van der Waals surface area contributed by atoms with Crippen LogP contribution in [0.2, 0.25) is 0 Å². The zero-order valence-corrected chi connectivity index (χ0v) is 29.3. The van der Waals surface area contributed by atoms with Crippen LogP contribution in [-0.2, 0) is 6.54 Å². The van der Waals surface area contributed by atoms with E-state index < -0.39 is 17.7 Å². The second-order valence-electron chi connectivity index (χ2n) is 12.3. The first kappa shape index (κ1) is 36.3. The van der Waals surface area contributed by atoms with Gasteiger partial charge in [-0.25, -0.2) is 18.6 Å². The summed E-state index contributed by atoms with van der Waals surface area (Å²) in [5.74, 6) is 0.786. The van der Waals surface area contributed by atoms with Gasteiger partial charge in [0.05, 0.1) is 20.8 Å². The minimum atomic E-state index is -0.772. The van der Waals surface area contributed by atoms with Gasteiger partial charge >= 0.3 is 6.09 Å². The van der Waals surface area contributed by atoms with E-state index >= 15 is 4.39 Å². The lowest BCUT2D eigenvalue weighted by atomic mass is 10.1. The number of nitrogens with one attached hydrogen (secondary N) is 1. The average molecular weight is 691 g/mol. The monoisotopic (exact) mass is 690 g/mol. The Bertz CT molecular complexity index is 1760. The standard InChI is InChI=1S/C37H44F2N6O5/c1-24(2)44-15-13-43(14-16-44)17-18-49-33-9-7-29(22-31(33)39)41-36-40-12-11-34(42-36)45(23-27-21-30(47-5)8-10-32(27)48-6)37(46)50-35-25(3)19-28(38)20-26(35)4/h7-12,19-22,24H,13-18,23H2,1-6H3,(H,40,41,42). The van der Waals surface area contributed by atoms with Crippen molar-refractivity contribution in [3.63, 3.8) is 0 Å². The zero-order chi connectivity index (χ0) is 35.8. The molecule has 1 N–H and O–H groups in total. The molecule has 0 aliphatic carbocycles. The van der Waals surface area contributed by atoms with Gasteiger partial charge in [0.1, 0.15) is 35.5 Å². The van der Waals surface area contributed by atoms with Crippen molar-refractivity contribution in [2.45, 2.75) is 40.3 Å². The first-order valence-electron chi connectivity index (χ1n) is 16.5. The highest BCUT2D eigenvalue weighted by Gasteiger charge is 2.25. The molecule has 266 valence electrons. The lowest BCUT2D eigenvalue weighted by Gasteiger charge is -2.36. The Hall–Kier alpha value is -5.01. The number of hydrogen-bond donors (Lipinski definition) is 1. The van der Waals surface area contributed by atoms with Crippen molar-refractivity contribution in [2.75, 3.05) is 63.8 Å². The summed E-state index contributed by atoms with van der Waals surface area (Å²) < 4.78 is 51.7. The Morgan fingerprint density at radius 1 is 0.940 bits per heavy atom. The number of carbonyl (C=O) groups excluding carboxylic acids is 1. The number of ether oxygens (including phenoxy) is 4. The van der Waals surface area contributed by atoms with Crippen LogP contribution in [0.3, 0.4) is 0 Å². The SMILES string of the molecule is COc1ccc(OC)c(CN(C(=O)Oc2c(C)cc(F)cc2C)c2ccnc(Nc3ccc(OCCN4CCN(C(C)C)CC4)c(F)c3)n2)c1. The second kappa shape index (κ2) is 16.6. The molecule has 1 aromatic heterocycles. The van der Waals surface area contributed by atoms with Crippen molar-refractivity contribution < 1.29 is 32.5 Å². The lowest BCUT2D eigenvalue weighted by Crippen LogP contribution is -2.49. The summed E-state index contributed by atoms with van der Waals surface area (Å²) in [5, 5.41) is 3.01. The highest BCUT2D eigenvalue weighted by Crippen LogP contribution is 2.30. The number of methoxy groups -OCH3 is 2. The van der Waals surface area contributed by atoms with E-state index in [0.717, 1.165) is 26.2 Å². The summed E-state index contributed by atoms with van der Waals surface area (Å²) in [6.45, 7) is 12.7. The van der Waals surface area contributed by atoms with Crippen LogP contribution in [0.25, 0.3) is 0 Å². The first-order valence-corrected chi connectivity index (χ1v) is 16.5. The number of aryl methyl sites for hydroxylation is 2. The number of rotatable bonds is 13. The molecule has 2 heterocycles. The minimum Gasteiger partial charge on any atom is -0.497 e. The van der Waals surface area contributed by atoms with Crippen molar-refractivity contribution in [1.29, 1.82) is 0 Å². The summed E-state index contributed by atoms with van der Waals surface area (Å²) in [6, 6.07) is 14.4. The van der Waals surface area contributed by atoms with Gasteiger partial charge in [-0.1, -0.05) is 0 Å². The Labute approximate surface area is 291 Å². The maximum atomic E-state index is 15.1. The minimum absolute atomic E-state index is 0.0248. The number of nitrogens with zero attached hydrogens (tertiary/aromatic N) is 5. The van der Waals surface area contributed by atoms with Crippen molar-refractivity contribution >= 4 is 23.5 Å². The number of carbonyl (C=O) groups is 1. The van der Waals surface area contributed by atoms with Gasteiger partial charge in [0.25, 0.3) is 0 Å². The molecule has 11 nitrogen and oxygen atoms in total. The van der Waals surface area contributed by atoms with Gasteiger partial charge in [0, 0.05) is 62.3 Å². The number of aromatic nitrogens is 2. The van der Waals surface area contributed by atoms with Crippen molar-refractivity contribution in [3.05, 3.63) is 89.1 Å². The molecule has 0 bridgehead atoms. The molecule has 3 aromatic carbocycles. The van der Waals surface area contributed by atoms with Gasteiger partial charge < -0.3 is 24.3 Å². The molecule has 0 atom stereocenters. The topological polar surface area (TPSA) is 102 Å². The van der Waals surface area contributed by atoms with E-state index in [4.69, 9.17) is 18.9 Å². The molecule has 13 heteroatoms. The Morgan fingerprint density at radius 3 is 2.32 bits per heavy atom. The van der Waals surface area contributed by atoms with Gasteiger partial charge in [0.2, 0.25) is 5.95 Å². The molecule has 0 radical (unpaired) electrons. The summed E-state index contributed by atoms with van der Waals surface area (Å²) in [7, 11) is 3.06. The maximum Gasteiger partial charge on any atom is 0.421 e. The third-order valence-electron chi connectivity index (χ3n) is 8.56. The summed E-state index contributed by atoms with van der Waals surface area (Å²) in [4.78, 5) is 28.7. The van der Waals surface area contributed by atoms with E-state index in [2.05, 4.69) is 38.9 Å². The Kier molecular flexibility index (Phi) is 12.0. The van der Waals surface area contributed by atoms with Crippen molar-refractivity contribution in [3.8, 4) is 23.0 Å². The normalized spacial score (nSPS) is 13.6. The highest BCUT2D eigenvalue weighted by molar-refractivity contribution is 5.88. The van der Waals surface area contributed by atoms with Crippen LogP contribution < -0.4 is 29.2 Å². The average Bonchev–Trinajstić information content (AvgIpc) is 3.09. The summed E-state index contributed by atoms with van der Waals surface area (Å²) in [5.41, 5.74) is 1.91. The molecule has 0 spiro atoms. The Balaban J connectivity index is 1.32. The number of benzene rings is 3. The summed E-state index contributed by atoms with van der Waals surface area (Å²) >= 11 is 0. The summed E-state index contributed by atoms with van der Waals surface area (Å²) in [6.07, 6.45) is 0.698. The quantitative estimate of drug-likeness (QED) is 0.162. The van der Waals surface area contributed by atoms with Gasteiger partial charge in [-0.05, 0) is 87.4 Å². The first-order chi connectivity index (χ1) is 24.0. The van der Waals surface area contributed by atoms with E-state index in [1.165, 1.54) is 43.5 Å². The second-order valence-corrected chi connectivity index (χ2v) is 12.3. The molecular weight excluding hydrogens is 646 g/mol. The molecule has 50 heavy (non-hydrogen) atoms. The van der Waals surface area contributed by atoms with E-state index in [1.807, 2.05) is 0 Å². The highest BCUT2D eigenvalue weighted by atomic mass is 19.1. The fourth-order valence-electron chi connectivity index (χ4n) is 5.79. The largest absolute Gasteiger partial charge is 0.497 e. The third-order valence-corrected chi connectivity index (χ3v) is 8.56. The molecular formula is C37H44F2N6O5. The van der Waals surface area contributed by atoms with E-state index in [-0.39, 0.29) is 29.8 Å². The van der Waals surface area contributed by atoms with E-state index in [1.54, 1.807) is 50.2 Å². The van der Waals surface area contributed by atoms with Crippen LogP contribution in [0.5, 0.6) is 23.0 Å². The molecule has 1 fully saturated rings. The Morgan fingerprint density at radius 2 is 1.66 bits per heavy atom. The predicted molar refractivity (Wildman–Crippen MR) is 188 cm³/mol. The van der Waals surface area contributed by atoms with Crippen LogP contribution in [-0.4, -0.2) is 85.5 Å². The third kappa shape index (κ3) is 9.16. The smallest absolute Gasteiger partial charge is 0.421 e. The molecule has 4 aromatic rings. The van der Waals surface area contributed by atoms with Gasteiger partial charge in [-0.2, -0.15) is 4.98 Å². The predicted octanol–water partition coefficient (Wildman–Crippen LogP) is 6.74. The fraction of sp³-hybridized carbons (Fsp3) is 0.378. The molecule has 0 saturated carbocycles. The number of hydrogen-bond acceptors (Lipinski definition) is 10. The molecule has 1 aliphatic rings. The van der Waals surface area contributed by atoms with E-state index in [9.17, 15) is 9.18 Å². The fourth-order valence-corrected chi connectivity index (χ4v) is 5.79. The van der Waals surface area contributed by atoms with Crippen LogP contribution in [0.1, 0.15) is 30.5 Å². The van der Waals surface area contributed by atoms with Gasteiger partial charge in [-0.15, -0.1) is 0 Å². The zero-order valence-electron chi connectivity index (χ0n) is 29.3. The number of anilines is 3. The van der Waals surface area contributed by atoms with Crippen LogP contribution in [0, 0.1) is 25.5 Å². The van der Waals surface area contributed by atoms with Crippen LogP contribution in [0.4, 0.5) is 31.0 Å². The molecule has 5 rings (SSSR count). The molecule has 1 saturated heterocycles. The van der Waals surface area contributed by atoms with Crippen LogP contribution in [0.15, 0.2) is 60.8 Å². The van der Waals surface area contributed by atoms with Crippen molar-refractivity contribution in [1.82, 2.24) is 19.8 Å². The van der Waals surface area contributed by atoms with Gasteiger partial charge in [0.15, 0.2) is 11.6 Å². The number of piperazine rings is 1. The molecule has 0 unspecified atom stereocenters. The lowest BCUT2D eigenvalue weighted by molar-refractivity contribution is 0.0965. The molecule has 1 amide bonds. The van der Waals surface area contributed by atoms with E-state index in [0.29, 0.717) is 53.1 Å². The van der Waals surface area contributed by atoms with Gasteiger partial charge in [-0.3, -0.25) is 14.7 Å². The van der Waals surface area contributed by atoms with Crippen LogP contribution >= 0.6 is 0 Å². The molecule has 1 aliphatic heterocycles. The number of halogens is 2.